The van der Waals surface area contributed by atoms with Gasteiger partial charge < -0.3 is 15.4 Å². The van der Waals surface area contributed by atoms with Crippen molar-refractivity contribution < 1.29 is 14.3 Å². The van der Waals surface area contributed by atoms with Crippen LogP contribution in [0.5, 0.6) is 5.75 Å². The van der Waals surface area contributed by atoms with Crippen LogP contribution in [-0.2, 0) is 9.59 Å². The third-order valence-electron chi connectivity index (χ3n) is 5.06. The fraction of sp³-hybridized carbons (Fsp3) is 0.417. The van der Waals surface area contributed by atoms with Crippen LogP contribution in [0.3, 0.4) is 0 Å². The summed E-state index contributed by atoms with van der Waals surface area (Å²) in [5.41, 5.74) is 4.12. The molecule has 1 atom stereocenters. The van der Waals surface area contributed by atoms with Crippen molar-refractivity contribution in [1.29, 1.82) is 0 Å². The van der Waals surface area contributed by atoms with Crippen molar-refractivity contribution in [3.63, 3.8) is 0 Å². The zero-order valence-electron chi connectivity index (χ0n) is 18.6. The largest absolute Gasteiger partial charge is 0.495 e. The third-order valence-corrected chi connectivity index (χ3v) is 5.06. The number of ether oxygens (including phenoxy) is 1. The summed E-state index contributed by atoms with van der Waals surface area (Å²) < 4.78 is 5.27. The molecule has 2 amide bonds. The van der Waals surface area contributed by atoms with Crippen LogP contribution in [0.1, 0.15) is 43.0 Å². The molecule has 2 aromatic rings. The number of anilines is 1. The highest BCUT2D eigenvalue weighted by molar-refractivity contribution is 5.94. The molecule has 162 valence electrons. The van der Waals surface area contributed by atoms with Crippen LogP contribution in [0.25, 0.3) is 0 Å². The number of nitrogens with one attached hydrogen (secondary N) is 2. The van der Waals surface area contributed by atoms with Gasteiger partial charge in [0.15, 0.2) is 0 Å². The van der Waals surface area contributed by atoms with Gasteiger partial charge in [-0.3, -0.25) is 14.5 Å². The van der Waals surface area contributed by atoms with Crippen LogP contribution in [0.4, 0.5) is 5.69 Å². The molecule has 0 fully saturated rings. The van der Waals surface area contributed by atoms with E-state index >= 15 is 0 Å². The average molecular weight is 412 g/mol. The summed E-state index contributed by atoms with van der Waals surface area (Å²) in [5, 5.41) is 5.91. The maximum absolute atomic E-state index is 12.6. The summed E-state index contributed by atoms with van der Waals surface area (Å²) >= 11 is 0. The van der Waals surface area contributed by atoms with Gasteiger partial charge in [0.05, 0.1) is 31.9 Å². The average Bonchev–Trinajstić information content (AvgIpc) is 2.70. The molecule has 0 aliphatic heterocycles. The molecule has 0 radical (unpaired) electrons. The minimum Gasteiger partial charge on any atom is -0.495 e. The van der Waals surface area contributed by atoms with Crippen LogP contribution in [0.15, 0.2) is 42.5 Å². The van der Waals surface area contributed by atoms with Crippen LogP contribution >= 0.6 is 0 Å². The van der Waals surface area contributed by atoms with Crippen molar-refractivity contribution in [1.82, 2.24) is 10.2 Å². The van der Waals surface area contributed by atoms with Gasteiger partial charge in [-0.25, -0.2) is 0 Å². The number of benzene rings is 2. The van der Waals surface area contributed by atoms with E-state index < -0.39 is 0 Å². The molecule has 0 saturated carbocycles. The van der Waals surface area contributed by atoms with Crippen molar-refractivity contribution >= 4 is 17.5 Å². The molecule has 2 aromatic carbocycles. The van der Waals surface area contributed by atoms with E-state index in [1.54, 1.807) is 19.2 Å². The predicted octanol–water partition coefficient (Wildman–Crippen LogP) is 3.84. The highest BCUT2D eigenvalue weighted by Crippen LogP contribution is 2.23. The molecular formula is C24H33N3O3. The van der Waals surface area contributed by atoms with E-state index in [0.29, 0.717) is 18.0 Å². The normalized spacial score (nSPS) is 11.8. The number of amides is 2. The van der Waals surface area contributed by atoms with Gasteiger partial charge in [0.25, 0.3) is 0 Å². The number of aryl methyl sites for hydroxylation is 2. The molecule has 2 N–H and O–H groups in total. The molecule has 1 unspecified atom stereocenters. The second-order valence-corrected chi connectivity index (χ2v) is 7.59. The number of nitrogens with zero attached hydrogens (tertiary/aromatic N) is 1. The summed E-state index contributed by atoms with van der Waals surface area (Å²) in [6.07, 6.45) is 0.849. The van der Waals surface area contributed by atoms with Crippen LogP contribution < -0.4 is 15.4 Å². The number of hydrogen-bond acceptors (Lipinski definition) is 4. The van der Waals surface area contributed by atoms with E-state index in [0.717, 1.165) is 12.0 Å². The smallest absolute Gasteiger partial charge is 0.238 e. The molecule has 0 heterocycles. The van der Waals surface area contributed by atoms with Crippen LogP contribution in [-0.4, -0.2) is 43.5 Å². The topological polar surface area (TPSA) is 70.7 Å². The summed E-state index contributed by atoms with van der Waals surface area (Å²) in [5.74, 6) is 0.329. The first kappa shape index (κ1) is 23.4. The summed E-state index contributed by atoms with van der Waals surface area (Å²) in [7, 11) is 1.56. The fourth-order valence-corrected chi connectivity index (χ4v) is 3.28. The van der Waals surface area contributed by atoms with Gasteiger partial charge in [0, 0.05) is 0 Å². The Morgan fingerprint density at radius 3 is 2.40 bits per heavy atom. The van der Waals surface area contributed by atoms with E-state index in [2.05, 4.69) is 36.6 Å². The van der Waals surface area contributed by atoms with E-state index in [1.165, 1.54) is 11.1 Å². The van der Waals surface area contributed by atoms with E-state index in [9.17, 15) is 9.59 Å². The monoisotopic (exact) mass is 411 g/mol. The Hall–Kier alpha value is -2.86. The standard InChI is InChI=1S/C24H33N3O3/c1-6-13-27(16-24(29)26-21-9-7-8-10-22(21)30-5)15-23(28)25-19(4)20-12-11-17(2)18(3)14-20/h7-12,14,19H,6,13,15-16H2,1-5H3,(H,25,28)(H,26,29). The SMILES string of the molecule is CCCN(CC(=O)Nc1ccccc1OC)CC(=O)NC(C)c1ccc(C)c(C)c1. The molecule has 0 bridgehead atoms. The summed E-state index contributed by atoms with van der Waals surface area (Å²) in [6.45, 7) is 9.10. The molecule has 0 saturated heterocycles. The van der Waals surface area contributed by atoms with E-state index in [-0.39, 0.29) is 30.9 Å². The quantitative estimate of drug-likeness (QED) is 0.623. The lowest BCUT2D eigenvalue weighted by atomic mass is 10.0. The van der Waals surface area contributed by atoms with Crippen molar-refractivity contribution in [3.05, 3.63) is 59.2 Å². The lowest BCUT2D eigenvalue weighted by molar-refractivity contribution is -0.124. The van der Waals surface area contributed by atoms with Crippen molar-refractivity contribution in [3.8, 4) is 5.75 Å². The highest BCUT2D eigenvalue weighted by Gasteiger charge is 2.17. The number of hydrogen-bond donors (Lipinski definition) is 2. The maximum Gasteiger partial charge on any atom is 0.238 e. The van der Waals surface area contributed by atoms with Crippen molar-refractivity contribution in [2.45, 2.75) is 40.2 Å². The van der Waals surface area contributed by atoms with Gasteiger partial charge in [0.2, 0.25) is 11.8 Å². The minimum atomic E-state index is -0.178. The van der Waals surface area contributed by atoms with Crippen LogP contribution in [0.2, 0.25) is 0 Å². The van der Waals surface area contributed by atoms with Gasteiger partial charge in [-0.2, -0.15) is 0 Å². The first-order valence-electron chi connectivity index (χ1n) is 10.4. The summed E-state index contributed by atoms with van der Waals surface area (Å²) in [6, 6.07) is 13.4. The van der Waals surface area contributed by atoms with Gasteiger partial charge in [-0.15, -0.1) is 0 Å². The third kappa shape index (κ3) is 6.88. The number of carbonyl (C=O) groups is 2. The van der Waals surface area contributed by atoms with Gasteiger partial charge in [-0.05, 0) is 62.6 Å². The maximum atomic E-state index is 12.6. The lowest BCUT2D eigenvalue weighted by Crippen LogP contribution is -2.42. The first-order valence-corrected chi connectivity index (χ1v) is 10.4. The second kappa shape index (κ2) is 11.4. The Bertz CT molecular complexity index is 867. The number of methoxy groups -OCH3 is 1. The zero-order chi connectivity index (χ0) is 22.1. The Kier molecular flexibility index (Phi) is 8.87. The molecule has 0 aromatic heterocycles. The Labute approximate surface area is 179 Å². The molecule has 0 aliphatic rings. The Balaban J connectivity index is 1.94. The molecule has 2 rings (SSSR count). The van der Waals surface area contributed by atoms with Gasteiger partial charge in [-0.1, -0.05) is 37.3 Å². The Morgan fingerprint density at radius 2 is 1.73 bits per heavy atom. The van der Waals surface area contributed by atoms with E-state index in [4.69, 9.17) is 4.74 Å². The Morgan fingerprint density at radius 1 is 1.03 bits per heavy atom. The summed E-state index contributed by atoms with van der Waals surface area (Å²) in [4.78, 5) is 27.0. The minimum absolute atomic E-state index is 0.0947. The second-order valence-electron chi connectivity index (χ2n) is 7.59. The molecule has 30 heavy (non-hydrogen) atoms. The number of carbonyl (C=O) groups excluding carboxylic acids is 2. The molecule has 0 aliphatic carbocycles. The molecule has 0 spiro atoms. The van der Waals surface area contributed by atoms with Crippen molar-refractivity contribution in [2.75, 3.05) is 32.1 Å². The molecular weight excluding hydrogens is 378 g/mol. The highest BCUT2D eigenvalue weighted by atomic mass is 16.5. The van der Waals surface area contributed by atoms with Gasteiger partial charge >= 0.3 is 0 Å². The van der Waals surface area contributed by atoms with E-state index in [1.807, 2.05) is 36.9 Å². The lowest BCUT2D eigenvalue weighted by Gasteiger charge is -2.22. The van der Waals surface area contributed by atoms with Crippen LogP contribution in [0, 0.1) is 13.8 Å². The van der Waals surface area contributed by atoms with Gasteiger partial charge in [0.1, 0.15) is 5.75 Å². The number of rotatable bonds is 10. The molecule has 6 nitrogen and oxygen atoms in total. The fourth-order valence-electron chi connectivity index (χ4n) is 3.28. The first-order chi connectivity index (χ1) is 14.3. The zero-order valence-corrected chi connectivity index (χ0v) is 18.6. The molecule has 6 heteroatoms. The predicted molar refractivity (Wildman–Crippen MR) is 121 cm³/mol. The van der Waals surface area contributed by atoms with Crippen molar-refractivity contribution in [2.24, 2.45) is 0 Å². The number of para-hydroxylation sites is 2.